The maximum absolute atomic E-state index is 12.2. The van der Waals surface area contributed by atoms with Gasteiger partial charge < -0.3 is 15.8 Å². The van der Waals surface area contributed by atoms with E-state index in [1.54, 1.807) is 26.4 Å². The first-order valence-corrected chi connectivity index (χ1v) is 6.65. The Balaban J connectivity index is 2.06. The number of carbonyl (C=O) groups is 1. The van der Waals surface area contributed by atoms with Gasteiger partial charge in [-0.3, -0.25) is 9.48 Å². The van der Waals surface area contributed by atoms with Crippen molar-refractivity contribution >= 4 is 11.6 Å². The van der Waals surface area contributed by atoms with Crippen molar-refractivity contribution in [3.63, 3.8) is 0 Å². The molecule has 3 N–H and O–H groups in total. The number of anilines is 1. The molecule has 0 bridgehead atoms. The normalized spacial score (nSPS) is 10.4. The van der Waals surface area contributed by atoms with Gasteiger partial charge in [0, 0.05) is 25.9 Å². The van der Waals surface area contributed by atoms with E-state index in [1.165, 1.54) is 4.68 Å². The van der Waals surface area contributed by atoms with E-state index in [0.717, 1.165) is 11.3 Å². The Labute approximate surface area is 123 Å². The standard InChI is InChI=1S/C14H19N5O2/c1-4-10-12(15)13(19(2)18-10)14(20)17-8-9-5-6-11(21-3)16-7-9/h5-7H,4,8,15H2,1-3H3,(H,17,20). The molecule has 0 fully saturated rings. The molecule has 2 heterocycles. The lowest BCUT2D eigenvalue weighted by molar-refractivity contribution is 0.0942. The first-order valence-electron chi connectivity index (χ1n) is 6.65. The molecule has 2 aromatic rings. The molecule has 0 saturated heterocycles. The molecular weight excluding hydrogens is 270 g/mol. The van der Waals surface area contributed by atoms with Crippen LogP contribution in [-0.2, 0) is 20.0 Å². The lowest BCUT2D eigenvalue weighted by Gasteiger charge is -2.07. The van der Waals surface area contributed by atoms with Crippen molar-refractivity contribution in [2.45, 2.75) is 19.9 Å². The van der Waals surface area contributed by atoms with Gasteiger partial charge in [0.15, 0.2) is 0 Å². The van der Waals surface area contributed by atoms with E-state index >= 15 is 0 Å². The second kappa shape index (κ2) is 6.25. The van der Waals surface area contributed by atoms with Crippen LogP contribution in [0.15, 0.2) is 18.3 Å². The minimum absolute atomic E-state index is 0.252. The van der Waals surface area contributed by atoms with Crippen LogP contribution in [0.2, 0.25) is 0 Å². The number of ether oxygens (including phenoxy) is 1. The maximum atomic E-state index is 12.2. The fourth-order valence-electron chi connectivity index (χ4n) is 2.03. The second-order valence-corrected chi connectivity index (χ2v) is 4.58. The number of hydrogen-bond acceptors (Lipinski definition) is 5. The van der Waals surface area contributed by atoms with Gasteiger partial charge in [-0.25, -0.2) is 4.98 Å². The Morgan fingerprint density at radius 1 is 1.48 bits per heavy atom. The number of nitrogens with one attached hydrogen (secondary N) is 1. The summed E-state index contributed by atoms with van der Waals surface area (Å²) in [5.41, 5.74) is 8.37. The average Bonchev–Trinajstić information content (AvgIpc) is 2.79. The highest BCUT2D eigenvalue weighted by atomic mass is 16.5. The number of aromatic nitrogens is 3. The number of nitrogen functional groups attached to an aromatic ring is 1. The van der Waals surface area contributed by atoms with Gasteiger partial charge in [0.2, 0.25) is 5.88 Å². The van der Waals surface area contributed by atoms with Crippen molar-refractivity contribution in [3.05, 3.63) is 35.3 Å². The molecule has 0 saturated carbocycles. The quantitative estimate of drug-likeness (QED) is 0.852. The fourth-order valence-corrected chi connectivity index (χ4v) is 2.03. The summed E-state index contributed by atoms with van der Waals surface area (Å²) in [5, 5.41) is 7.04. The van der Waals surface area contributed by atoms with Crippen LogP contribution in [0.5, 0.6) is 5.88 Å². The zero-order valence-electron chi connectivity index (χ0n) is 12.4. The molecule has 0 aliphatic carbocycles. The summed E-state index contributed by atoms with van der Waals surface area (Å²) >= 11 is 0. The topological polar surface area (TPSA) is 95.1 Å². The van der Waals surface area contributed by atoms with Crippen LogP contribution in [-0.4, -0.2) is 27.8 Å². The number of hydrogen-bond donors (Lipinski definition) is 2. The fraction of sp³-hybridized carbons (Fsp3) is 0.357. The maximum Gasteiger partial charge on any atom is 0.271 e. The van der Waals surface area contributed by atoms with E-state index in [2.05, 4.69) is 15.4 Å². The SMILES string of the molecule is CCc1nn(C)c(C(=O)NCc2ccc(OC)nc2)c1N. The first-order chi connectivity index (χ1) is 10.1. The molecule has 0 atom stereocenters. The third-order valence-corrected chi connectivity index (χ3v) is 3.17. The van der Waals surface area contributed by atoms with Crippen LogP contribution in [0.25, 0.3) is 0 Å². The number of aryl methyl sites for hydroxylation is 2. The van der Waals surface area contributed by atoms with Crippen LogP contribution in [0.4, 0.5) is 5.69 Å². The Hall–Kier alpha value is -2.57. The summed E-state index contributed by atoms with van der Waals surface area (Å²) in [7, 11) is 3.26. The smallest absolute Gasteiger partial charge is 0.271 e. The van der Waals surface area contributed by atoms with Gasteiger partial charge in [-0.2, -0.15) is 5.10 Å². The zero-order chi connectivity index (χ0) is 15.4. The summed E-state index contributed by atoms with van der Waals surface area (Å²) in [6.45, 7) is 2.31. The molecular formula is C14H19N5O2. The molecule has 0 unspecified atom stereocenters. The molecule has 0 aromatic carbocycles. The van der Waals surface area contributed by atoms with Crippen molar-refractivity contribution in [3.8, 4) is 5.88 Å². The predicted octanol–water partition coefficient (Wildman–Crippen LogP) is 0.898. The van der Waals surface area contributed by atoms with E-state index in [1.807, 2.05) is 13.0 Å². The number of methoxy groups -OCH3 is 1. The monoisotopic (exact) mass is 289 g/mol. The third kappa shape index (κ3) is 3.13. The Bertz CT molecular complexity index is 634. The predicted molar refractivity (Wildman–Crippen MR) is 79.0 cm³/mol. The van der Waals surface area contributed by atoms with Gasteiger partial charge in [0.05, 0.1) is 18.5 Å². The Kier molecular flexibility index (Phi) is 4.42. The Morgan fingerprint density at radius 3 is 2.76 bits per heavy atom. The van der Waals surface area contributed by atoms with Crippen LogP contribution in [0.3, 0.4) is 0 Å². The highest BCUT2D eigenvalue weighted by Gasteiger charge is 2.18. The Morgan fingerprint density at radius 2 is 2.24 bits per heavy atom. The highest BCUT2D eigenvalue weighted by Crippen LogP contribution is 2.17. The highest BCUT2D eigenvalue weighted by molar-refractivity contribution is 5.97. The van der Waals surface area contributed by atoms with E-state index in [-0.39, 0.29) is 5.91 Å². The van der Waals surface area contributed by atoms with Crippen molar-refractivity contribution in [1.29, 1.82) is 0 Å². The third-order valence-electron chi connectivity index (χ3n) is 3.17. The molecule has 7 nitrogen and oxygen atoms in total. The van der Waals surface area contributed by atoms with Gasteiger partial charge >= 0.3 is 0 Å². The number of rotatable bonds is 5. The molecule has 0 aliphatic rings. The van der Waals surface area contributed by atoms with Crippen molar-refractivity contribution in [1.82, 2.24) is 20.1 Å². The minimum Gasteiger partial charge on any atom is -0.481 e. The molecule has 1 amide bonds. The summed E-state index contributed by atoms with van der Waals surface area (Å²) in [5.74, 6) is 0.284. The number of nitrogens with zero attached hydrogens (tertiary/aromatic N) is 3. The van der Waals surface area contributed by atoms with Crippen molar-refractivity contribution in [2.24, 2.45) is 7.05 Å². The molecule has 0 radical (unpaired) electrons. The first kappa shape index (κ1) is 14.8. The molecule has 21 heavy (non-hydrogen) atoms. The van der Waals surface area contributed by atoms with E-state index in [9.17, 15) is 4.79 Å². The van der Waals surface area contributed by atoms with E-state index < -0.39 is 0 Å². The molecule has 7 heteroatoms. The minimum atomic E-state index is -0.252. The second-order valence-electron chi connectivity index (χ2n) is 4.58. The molecule has 2 rings (SSSR count). The van der Waals surface area contributed by atoms with E-state index in [4.69, 9.17) is 10.5 Å². The lowest BCUT2D eigenvalue weighted by atomic mass is 10.2. The average molecular weight is 289 g/mol. The zero-order valence-corrected chi connectivity index (χ0v) is 12.4. The van der Waals surface area contributed by atoms with Gasteiger partial charge in [0.1, 0.15) is 5.69 Å². The lowest BCUT2D eigenvalue weighted by Crippen LogP contribution is -2.26. The molecule has 0 spiro atoms. The van der Waals surface area contributed by atoms with Crippen LogP contribution < -0.4 is 15.8 Å². The van der Waals surface area contributed by atoms with E-state index in [0.29, 0.717) is 30.2 Å². The molecule has 112 valence electrons. The van der Waals surface area contributed by atoms with Gasteiger partial charge in [-0.1, -0.05) is 13.0 Å². The van der Waals surface area contributed by atoms with Crippen molar-refractivity contribution < 1.29 is 9.53 Å². The summed E-state index contributed by atoms with van der Waals surface area (Å²) in [4.78, 5) is 16.3. The van der Waals surface area contributed by atoms with Crippen LogP contribution in [0, 0.1) is 0 Å². The number of carbonyl (C=O) groups excluding carboxylic acids is 1. The van der Waals surface area contributed by atoms with Crippen LogP contribution >= 0.6 is 0 Å². The van der Waals surface area contributed by atoms with Gasteiger partial charge in [-0.15, -0.1) is 0 Å². The largest absolute Gasteiger partial charge is 0.481 e. The van der Waals surface area contributed by atoms with Crippen molar-refractivity contribution in [2.75, 3.05) is 12.8 Å². The summed E-state index contributed by atoms with van der Waals surface area (Å²) < 4.78 is 6.49. The van der Waals surface area contributed by atoms with Gasteiger partial charge in [-0.05, 0) is 12.0 Å². The van der Waals surface area contributed by atoms with Crippen LogP contribution in [0.1, 0.15) is 28.7 Å². The molecule has 0 aliphatic heterocycles. The number of nitrogens with two attached hydrogens (primary N) is 1. The number of pyridine rings is 1. The summed E-state index contributed by atoms with van der Waals surface area (Å²) in [6.07, 6.45) is 2.35. The van der Waals surface area contributed by atoms with Gasteiger partial charge in [0.25, 0.3) is 5.91 Å². The summed E-state index contributed by atoms with van der Waals surface area (Å²) in [6, 6.07) is 3.59. The molecule has 2 aromatic heterocycles. The number of amides is 1.